The summed E-state index contributed by atoms with van der Waals surface area (Å²) in [5.41, 5.74) is 1.16. The van der Waals surface area contributed by atoms with Crippen molar-refractivity contribution in [3.8, 4) is 0 Å². The molecule has 0 aromatic heterocycles. The van der Waals surface area contributed by atoms with Gasteiger partial charge in [0.15, 0.2) is 0 Å². The number of benzene rings is 1. The fourth-order valence-corrected chi connectivity index (χ4v) is 2.22. The van der Waals surface area contributed by atoms with Crippen LogP contribution in [0.3, 0.4) is 0 Å². The summed E-state index contributed by atoms with van der Waals surface area (Å²) in [6.07, 6.45) is 2.92. The van der Waals surface area contributed by atoms with Crippen molar-refractivity contribution >= 4 is 18.3 Å². The molecule has 1 aromatic rings. The fraction of sp³-hybridized carbons (Fsp3) is 0.500. The van der Waals surface area contributed by atoms with E-state index in [4.69, 9.17) is 0 Å². The van der Waals surface area contributed by atoms with E-state index in [2.05, 4.69) is 10.6 Å². The normalized spacial score (nSPS) is 15.8. The summed E-state index contributed by atoms with van der Waals surface area (Å²) < 4.78 is 0. The van der Waals surface area contributed by atoms with Gasteiger partial charge in [-0.25, -0.2) is 0 Å². The van der Waals surface area contributed by atoms with Gasteiger partial charge in [0.1, 0.15) is 0 Å². The lowest BCUT2D eigenvalue weighted by Gasteiger charge is -2.21. The van der Waals surface area contributed by atoms with Crippen LogP contribution in [-0.4, -0.2) is 19.0 Å². The van der Waals surface area contributed by atoms with E-state index in [-0.39, 0.29) is 18.3 Å². The smallest absolute Gasteiger partial charge is 0.220 e. The van der Waals surface area contributed by atoms with Crippen molar-refractivity contribution in [1.82, 2.24) is 10.6 Å². The van der Waals surface area contributed by atoms with Gasteiger partial charge in [0, 0.05) is 13.0 Å². The summed E-state index contributed by atoms with van der Waals surface area (Å²) in [4.78, 5) is 11.8. The van der Waals surface area contributed by atoms with Gasteiger partial charge < -0.3 is 10.6 Å². The zero-order chi connectivity index (χ0) is 11.9. The highest BCUT2D eigenvalue weighted by atomic mass is 35.5. The van der Waals surface area contributed by atoms with Gasteiger partial charge in [0.25, 0.3) is 0 Å². The first-order chi connectivity index (χ1) is 8.34. The van der Waals surface area contributed by atoms with Gasteiger partial charge in [-0.15, -0.1) is 12.4 Å². The van der Waals surface area contributed by atoms with E-state index in [1.165, 1.54) is 0 Å². The molecule has 1 saturated heterocycles. The van der Waals surface area contributed by atoms with E-state index in [0.717, 1.165) is 31.5 Å². The maximum Gasteiger partial charge on any atom is 0.220 e. The molecule has 1 aromatic carbocycles. The van der Waals surface area contributed by atoms with Crippen LogP contribution in [0, 0.1) is 5.92 Å². The summed E-state index contributed by atoms with van der Waals surface area (Å²) in [6, 6.07) is 10.0. The molecule has 0 unspecified atom stereocenters. The molecule has 1 aliphatic rings. The zero-order valence-corrected chi connectivity index (χ0v) is 11.3. The van der Waals surface area contributed by atoms with Crippen LogP contribution in [0.5, 0.6) is 0 Å². The van der Waals surface area contributed by atoms with Crippen LogP contribution in [0.1, 0.15) is 24.8 Å². The van der Waals surface area contributed by atoms with Crippen molar-refractivity contribution in [2.24, 2.45) is 5.92 Å². The quantitative estimate of drug-likeness (QED) is 0.878. The zero-order valence-electron chi connectivity index (χ0n) is 10.5. The molecule has 2 rings (SSSR count). The average molecular weight is 269 g/mol. The third-order valence-electron chi connectivity index (χ3n) is 3.27. The highest BCUT2D eigenvalue weighted by Gasteiger charge is 2.16. The van der Waals surface area contributed by atoms with Gasteiger partial charge in [-0.3, -0.25) is 4.79 Å². The first-order valence-electron chi connectivity index (χ1n) is 6.36. The summed E-state index contributed by atoms with van der Waals surface area (Å²) in [5, 5.41) is 6.30. The van der Waals surface area contributed by atoms with Crippen molar-refractivity contribution in [2.45, 2.75) is 25.8 Å². The standard InChI is InChI=1S/C14H20N2O.ClH/c17-14(10-12-6-8-15-9-7-12)16-11-13-4-2-1-3-5-13;/h1-5,12,15H,6-11H2,(H,16,17);1H. The number of piperidine rings is 1. The summed E-state index contributed by atoms with van der Waals surface area (Å²) >= 11 is 0. The molecule has 4 heteroatoms. The van der Waals surface area contributed by atoms with Crippen molar-refractivity contribution in [3.05, 3.63) is 35.9 Å². The number of halogens is 1. The molecule has 18 heavy (non-hydrogen) atoms. The number of rotatable bonds is 4. The molecule has 100 valence electrons. The van der Waals surface area contributed by atoms with Crippen LogP contribution in [0.25, 0.3) is 0 Å². The molecule has 1 heterocycles. The molecule has 0 radical (unpaired) electrons. The number of amides is 1. The Morgan fingerprint density at radius 2 is 1.89 bits per heavy atom. The monoisotopic (exact) mass is 268 g/mol. The number of hydrogen-bond donors (Lipinski definition) is 2. The van der Waals surface area contributed by atoms with Gasteiger partial charge >= 0.3 is 0 Å². The third kappa shape index (κ3) is 5.07. The number of nitrogens with one attached hydrogen (secondary N) is 2. The molecule has 3 nitrogen and oxygen atoms in total. The first kappa shape index (κ1) is 15.0. The Hall–Kier alpha value is -1.06. The van der Waals surface area contributed by atoms with Crippen LogP contribution in [0.4, 0.5) is 0 Å². The van der Waals surface area contributed by atoms with Gasteiger partial charge in [-0.05, 0) is 37.4 Å². The van der Waals surface area contributed by atoms with Crippen LogP contribution in [-0.2, 0) is 11.3 Å². The third-order valence-corrected chi connectivity index (χ3v) is 3.27. The fourth-order valence-electron chi connectivity index (χ4n) is 2.22. The van der Waals surface area contributed by atoms with Gasteiger partial charge in [0.2, 0.25) is 5.91 Å². The second kappa shape index (κ2) is 8.11. The minimum atomic E-state index is 0. The molecule has 0 bridgehead atoms. The molecule has 0 saturated carbocycles. The SMILES string of the molecule is Cl.O=C(CC1CCNCC1)NCc1ccccc1. The number of hydrogen-bond acceptors (Lipinski definition) is 2. The lowest BCUT2D eigenvalue weighted by Crippen LogP contribution is -2.32. The van der Waals surface area contributed by atoms with Crippen LogP contribution < -0.4 is 10.6 Å². The van der Waals surface area contributed by atoms with E-state index in [9.17, 15) is 4.79 Å². The van der Waals surface area contributed by atoms with Gasteiger partial charge in [0.05, 0.1) is 0 Å². The number of carbonyl (C=O) groups excluding carboxylic acids is 1. The lowest BCUT2D eigenvalue weighted by atomic mass is 9.94. The second-order valence-electron chi connectivity index (χ2n) is 4.66. The van der Waals surface area contributed by atoms with Crippen molar-refractivity contribution in [1.29, 1.82) is 0 Å². The minimum absolute atomic E-state index is 0. The second-order valence-corrected chi connectivity index (χ2v) is 4.66. The van der Waals surface area contributed by atoms with Crippen molar-refractivity contribution in [3.63, 3.8) is 0 Å². The lowest BCUT2D eigenvalue weighted by molar-refractivity contribution is -0.122. The van der Waals surface area contributed by atoms with Crippen molar-refractivity contribution in [2.75, 3.05) is 13.1 Å². The molecule has 1 aliphatic heterocycles. The van der Waals surface area contributed by atoms with E-state index >= 15 is 0 Å². The van der Waals surface area contributed by atoms with Crippen molar-refractivity contribution < 1.29 is 4.79 Å². The Labute approximate surface area is 115 Å². The van der Waals surface area contributed by atoms with Gasteiger partial charge in [-0.1, -0.05) is 30.3 Å². The average Bonchev–Trinajstić information content (AvgIpc) is 2.39. The van der Waals surface area contributed by atoms with Crippen LogP contribution in [0.15, 0.2) is 30.3 Å². The molecule has 0 spiro atoms. The topological polar surface area (TPSA) is 41.1 Å². The van der Waals surface area contributed by atoms with E-state index in [0.29, 0.717) is 18.9 Å². The molecular formula is C14H21ClN2O. The van der Waals surface area contributed by atoms with Crippen LogP contribution >= 0.6 is 12.4 Å². The Bertz CT molecular complexity index is 350. The molecule has 2 N–H and O–H groups in total. The summed E-state index contributed by atoms with van der Waals surface area (Å²) in [7, 11) is 0. The molecule has 1 fully saturated rings. The highest BCUT2D eigenvalue weighted by Crippen LogP contribution is 2.15. The molecular weight excluding hydrogens is 248 g/mol. The Kier molecular flexibility index (Phi) is 6.76. The van der Waals surface area contributed by atoms with Crippen LogP contribution in [0.2, 0.25) is 0 Å². The minimum Gasteiger partial charge on any atom is -0.352 e. The maximum atomic E-state index is 11.8. The molecule has 1 amide bonds. The largest absolute Gasteiger partial charge is 0.352 e. The molecule has 0 atom stereocenters. The maximum absolute atomic E-state index is 11.8. The van der Waals surface area contributed by atoms with E-state index < -0.39 is 0 Å². The summed E-state index contributed by atoms with van der Waals surface area (Å²) in [5.74, 6) is 0.743. The summed E-state index contributed by atoms with van der Waals surface area (Å²) in [6.45, 7) is 2.75. The number of carbonyl (C=O) groups is 1. The predicted molar refractivity (Wildman–Crippen MR) is 75.7 cm³/mol. The Morgan fingerprint density at radius 1 is 1.22 bits per heavy atom. The van der Waals surface area contributed by atoms with E-state index in [1.54, 1.807) is 0 Å². The predicted octanol–water partition coefficient (Wildman–Crippen LogP) is 2.11. The Balaban J connectivity index is 0.00000162. The Morgan fingerprint density at radius 3 is 2.56 bits per heavy atom. The first-order valence-corrected chi connectivity index (χ1v) is 6.36. The van der Waals surface area contributed by atoms with Gasteiger partial charge in [-0.2, -0.15) is 0 Å². The van der Waals surface area contributed by atoms with E-state index in [1.807, 2.05) is 30.3 Å². The highest BCUT2D eigenvalue weighted by molar-refractivity contribution is 5.85. The molecule has 0 aliphatic carbocycles.